The second kappa shape index (κ2) is 20.7. The van der Waals surface area contributed by atoms with E-state index in [9.17, 15) is 18.5 Å². The number of carboxylic acids is 1. The molecule has 6 heterocycles. The Morgan fingerprint density at radius 1 is 1.03 bits per heavy atom. The van der Waals surface area contributed by atoms with Crippen LogP contribution in [0.25, 0.3) is 43.2 Å². The molecule has 3 aliphatic rings. The summed E-state index contributed by atoms with van der Waals surface area (Å²) in [5, 5.41) is 11.8. The average molecular weight is 1000 g/mol. The molecule has 354 valence electrons. The molecule has 9 rings (SSSR count). The van der Waals surface area contributed by atoms with Gasteiger partial charge in [-0.1, -0.05) is 60.1 Å². The number of carbonyl (C=O) groups is 1. The molecule has 0 amide bonds. The first-order valence-corrected chi connectivity index (χ1v) is 25.1. The molecule has 3 aromatic carbocycles. The van der Waals surface area contributed by atoms with Crippen LogP contribution in [0.15, 0.2) is 108 Å². The molecule has 19 heteroatoms. The summed E-state index contributed by atoms with van der Waals surface area (Å²) < 4.78 is 61.7. The molecule has 0 saturated carbocycles. The number of ether oxygens (including phenoxy) is 4. The number of carboxylic acid groups (broad SMARTS) is 1. The van der Waals surface area contributed by atoms with Gasteiger partial charge in [0.2, 0.25) is 12.0 Å². The van der Waals surface area contributed by atoms with Crippen LogP contribution < -0.4 is 9.47 Å². The number of aromatic nitrogens is 4. The lowest BCUT2D eigenvalue weighted by atomic mass is 9.92. The number of likely N-dealkylation sites (N-methyl/N-ethyl adjacent to an activating group) is 1. The monoisotopic (exact) mass is 999 g/mol. The summed E-state index contributed by atoms with van der Waals surface area (Å²) in [5.74, 6) is -0.862. The molecule has 1 fully saturated rings. The van der Waals surface area contributed by atoms with Gasteiger partial charge >= 0.3 is 5.97 Å². The van der Waals surface area contributed by atoms with E-state index in [-0.39, 0.29) is 63.5 Å². The van der Waals surface area contributed by atoms with Gasteiger partial charge in [-0.3, -0.25) is 4.90 Å². The summed E-state index contributed by atoms with van der Waals surface area (Å²) in [6.45, 7) is 11.2. The highest BCUT2D eigenvalue weighted by Gasteiger charge is 2.32. The fourth-order valence-corrected chi connectivity index (χ4v) is 10.7. The predicted molar refractivity (Wildman–Crippen MR) is 262 cm³/mol. The number of aliphatic carboxylic acids is 1. The number of halogens is 3. The first-order chi connectivity index (χ1) is 32.6. The van der Waals surface area contributed by atoms with Crippen LogP contribution >= 0.6 is 34.5 Å². The number of nitrogens with one attached hydrogen (secondary N) is 1. The molecule has 3 aliphatic heterocycles. The zero-order chi connectivity index (χ0) is 48.3. The predicted octanol–water partition coefficient (Wildman–Crippen LogP) is 10.00. The van der Waals surface area contributed by atoms with Crippen molar-refractivity contribution in [3.63, 3.8) is 0 Å². The number of fused-ring (bicyclic) bond motifs is 10. The molecule has 3 aromatic heterocycles. The largest absolute Gasteiger partial charge is 0.491 e. The molecule has 0 radical (unpaired) electrons. The fraction of sp³-hybridized carbons (Fsp3) is 0.286. The zero-order valence-corrected chi connectivity index (χ0v) is 40.8. The Bertz CT molecular complexity index is 3040. The van der Waals surface area contributed by atoms with Crippen LogP contribution in [0.5, 0.6) is 11.6 Å². The molecule has 2 unspecified atom stereocenters. The third kappa shape index (κ3) is 10.7. The standard InChI is InChI=1S/C49H48Cl2FN7O7S2/c1-6-9-33-22-34(63-25-32-16-17-54-46(57-32)36-10-7-8-11-38(36)68(5,53)62)23-37(49(60)61)66-47-41-40(45(67-48(41)56-27-55-47)30-12-14-31(52)15-13-30)39-28(2)42(50)44(43(51)29(39)3)65-35(26-64-33)24-59-20-18-58(4)19-21-59/h6-17,22,27,35,37,53H,1,18-21,23-26H2,2-5H3,(H,60,61)/b33-9+,34-22-/t35?,37-,68?/m1/s1. The summed E-state index contributed by atoms with van der Waals surface area (Å²) in [6.07, 6.45) is 6.34. The lowest BCUT2D eigenvalue weighted by Crippen LogP contribution is -2.48. The van der Waals surface area contributed by atoms with Crippen molar-refractivity contribution in [3.8, 4) is 44.6 Å². The minimum atomic E-state index is -3.13. The molecule has 1 saturated heterocycles. The van der Waals surface area contributed by atoms with Gasteiger partial charge in [0.25, 0.3) is 0 Å². The van der Waals surface area contributed by atoms with Crippen LogP contribution in [0.1, 0.15) is 23.2 Å². The van der Waals surface area contributed by atoms with Gasteiger partial charge in [-0.2, -0.15) is 0 Å². The van der Waals surface area contributed by atoms with E-state index in [2.05, 4.69) is 43.4 Å². The first kappa shape index (κ1) is 48.5. The lowest BCUT2D eigenvalue weighted by molar-refractivity contribution is -0.145. The van der Waals surface area contributed by atoms with Crippen LogP contribution in [-0.4, -0.2) is 110 Å². The van der Waals surface area contributed by atoms with E-state index in [1.54, 1.807) is 54.6 Å². The Morgan fingerprint density at radius 3 is 2.44 bits per heavy atom. The number of hydrogen-bond acceptors (Lipinski definition) is 14. The van der Waals surface area contributed by atoms with E-state index in [4.69, 9.17) is 46.9 Å². The Hall–Kier alpha value is -5.95. The van der Waals surface area contributed by atoms with E-state index >= 15 is 0 Å². The number of hydrogen-bond donors (Lipinski definition) is 2. The van der Waals surface area contributed by atoms with Crippen molar-refractivity contribution >= 4 is 60.5 Å². The van der Waals surface area contributed by atoms with Gasteiger partial charge in [-0.25, -0.2) is 38.1 Å². The molecular formula is C49H48Cl2FN7O7S2. The second-order valence-electron chi connectivity index (χ2n) is 16.5. The third-order valence-electron chi connectivity index (χ3n) is 11.6. The molecule has 2 N–H and O–H groups in total. The number of piperazine rings is 1. The van der Waals surface area contributed by atoms with Crippen LogP contribution in [-0.2, 0) is 30.6 Å². The van der Waals surface area contributed by atoms with Crippen molar-refractivity contribution in [2.24, 2.45) is 0 Å². The zero-order valence-electron chi connectivity index (χ0n) is 37.6. The minimum Gasteiger partial charge on any atom is -0.491 e. The van der Waals surface area contributed by atoms with Crippen molar-refractivity contribution in [2.45, 2.75) is 44.0 Å². The van der Waals surface area contributed by atoms with Gasteiger partial charge in [-0.05, 0) is 79.6 Å². The summed E-state index contributed by atoms with van der Waals surface area (Å²) in [7, 11) is -1.05. The maximum Gasteiger partial charge on any atom is 0.345 e. The maximum atomic E-state index is 14.4. The van der Waals surface area contributed by atoms with Crippen molar-refractivity contribution in [2.75, 3.05) is 52.6 Å². The maximum absolute atomic E-state index is 14.4. The highest BCUT2D eigenvalue weighted by molar-refractivity contribution is 7.91. The normalized spacial score (nSPS) is 19.5. The molecule has 68 heavy (non-hydrogen) atoms. The average Bonchev–Trinajstić information content (AvgIpc) is 3.70. The van der Waals surface area contributed by atoms with Crippen LogP contribution in [0.3, 0.4) is 0 Å². The summed E-state index contributed by atoms with van der Waals surface area (Å²) in [5.41, 5.74) is 3.92. The summed E-state index contributed by atoms with van der Waals surface area (Å²) >= 11 is 15.9. The highest BCUT2D eigenvalue weighted by Crippen LogP contribution is 2.53. The Balaban J connectivity index is 1.27. The van der Waals surface area contributed by atoms with E-state index < -0.39 is 33.7 Å². The van der Waals surface area contributed by atoms with Gasteiger partial charge in [0, 0.05) is 67.3 Å². The van der Waals surface area contributed by atoms with Gasteiger partial charge < -0.3 is 29.0 Å². The SMILES string of the molecule is C=C/C=C1\C=C(/OCc2ccnc(-c3ccccc3S(C)(=N)=O)n2)C[C@H](C(=O)O)Oc2ncnc3sc(-c4ccc(F)cc4)c(c23)-c2c(C)c(Cl)c(c(Cl)c2C)OC(CN2CCN(C)CC2)CO1. The van der Waals surface area contributed by atoms with Crippen LogP contribution in [0, 0.1) is 24.4 Å². The lowest BCUT2D eigenvalue weighted by Gasteiger charge is -2.35. The number of benzene rings is 3. The summed E-state index contributed by atoms with van der Waals surface area (Å²) in [4.78, 5) is 37.5. The summed E-state index contributed by atoms with van der Waals surface area (Å²) in [6, 6.07) is 14.4. The number of nitrogens with zero attached hydrogens (tertiary/aromatic N) is 6. The quantitative estimate of drug-likeness (QED) is 0.133. The van der Waals surface area contributed by atoms with E-state index in [1.807, 2.05) is 13.8 Å². The Labute approximate surface area is 407 Å². The van der Waals surface area contributed by atoms with Crippen molar-refractivity contribution in [1.29, 1.82) is 4.78 Å². The molecular weight excluding hydrogens is 953 g/mol. The number of rotatable bonds is 10. The van der Waals surface area contributed by atoms with Crippen molar-refractivity contribution < 1.29 is 37.4 Å². The van der Waals surface area contributed by atoms with E-state index in [0.717, 1.165) is 26.2 Å². The minimum absolute atomic E-state index is 0.00730. The van der Waals surface area contributed by atoms with E-state index in [1.165, 1.54) is 48.3 Å². The Kier molecular flexibility index (Phi) is 14.8. The number of allylic oxidation sites excluding steroid dienone is 3. The van der Waals surface area contributed by atoms with Crippen LogP contribution in [0.4, 0.5) is 4.39 Å². The molecule has 14 nitrogen and oxygen atoms in total. The number of thiophene rings is 1. The topological polar surface area (TPSA) is 173 Å². The van der Waals surface area contributed by atoms with Gasteiger partial charge in [-0.15, -0.1) is 11.3 Å². The molecule has 3 atom stereocenters. The molecule has 0 spiro atoms. The highest BCUT2D eigenvalue weighted by atomic mass is 35.5. The molecule has 2 bridgehead atoms. The Morgan fingerprint density at radius 2 is 1.75 bits per heavy atom. The van der Waals surface area contributed by atoms with Gasteiger partial charge in [0.1, 0.15) is 47.8 Å². The fourth-order valence-electron chi connectivity index (χ4n) is 8.09. The molecule has 0 aliphatic carbocycles. The van der Waals surface area contributed by atoms with Gasteiger partial charge in [0.15, 0.2) is 11.6 Å². The smallest absolute Gasteiger partial charge is 0.345 e. The molecule has 6 aromatic rings. The third-order valence-corrected chi connectivity index (χ3v) is 14.8. The first-order valence-electron chi connectivity index (χ1n) is 21.5. The van der Waals surface area contributed by atoms with E-state index in [0.29, 0.717) is 60.7 Å². The van der Waals surface area contributed by atoms with Crippen LogP contribution in [0.2, 0.25) is 10.0 Å². The van der Waals surface area contributed by atoms with Crippen molar-refractivity contribution in [1.82, 2.24) is 29.7 Å². The van der Waals surface area contributed by atoms with Gasteiger partial charge in [0.05, 0.1) is 42.2 Å². The second-order valence-corrected chi connectivity index (χ2v) is 20.4. The van der Waals surface area contributed by atoms with Crippen molar-refractivity contribution in [3.05, 3.63) is 136 Å².